The van der Waals surface area contributed by atoms with Gasteiger partial charge in [-0.05, 0) is 78.6 Å². The molecular weight excluding hydrogens is 406 g/mol. The van der Waals surface area contributed by atoms with Crippen molar-refractivity contribution < 1.29 is 22.8 Å². The SMILES string of the molecule is CC(CC(O)COC1(C)C=N1)OCCCC[Si](C)(O[Si](C)(C)C)O[Si](C)(C)C. The second kappa shape index (κ2) is 10.4. The molecule has 1 heterocycles. The first-order chi connectivity index (χ1) is 12.6. The molecule has 3 unspecified atom stereocenters. The summed E-state index contributed by atoms with van der Waals surface area (Å²) >= 11 is 0. The van der Waals surface area contributed by atoms with Crippen molar-refractivity contribution in [3.8, 4) is 0 Å². The lowest BCUT2D eigenvalue weighted by molar-refractivity contribution is -0.0367. The Morgan fingerprint density at radius 3 is 2.00 bits per heavy atom. The maximum absolute atomic E-state index is 10.1. The van der Waals surface area contributed by atoms with Crippen LogP contribution in [0.4, 0.5) is 0 Å². The molecule has 0 fully saturated rings. The Balaban J connectivity index is 2.26. The fourth-order valence-electron chi connectivity index (χ4n) is 3.20. The van der Waals surface area contributed by atoms with Crippen LogP contribution >= 0.6 is 0 Å². The van der Waals surface area contributed by atoms with E-state index in [1.807, 2.05) is 13.8 Å². The quantitative estimate of drug-likeness (QED) is 0.294. The molecule has 0 aliphatic carbocycles. The highest BCUT2D eigenvalue weighted by Gasteiger charge is 2.39. The summed E-state index contributed by atoms with van der Waals surface area (Å²) in [6.45, 7) is 20.5. The van der Waals surface area contributed by atoms with Crippen LogP contribution in [0.5, 0.6) is 0 Å². The fraction of sp³-hybridized carbons (Fsp3) is 0.947. The molecule has 9 heteroatoms. The summed E-state index contributed by atoms with van der Waals surface area (Å²) in [5, 5.41) is 10.1. The van der Waals surface area contributed by atoms with Crippen molar-refractivity contribution in [3.05, 3.63) is 0 Å². The van der Waals surface area contributed by atoms with Crippen LogP contribution in [-0.2, 0) is 17.7 Å². The molecule has 0 saturated heterocycles. The van der Waals surface area contributed by atoms with E-state index in [1.54, 1.807) is 6.21 Å². The summed E-state index contributed by atoms with van der Waals surface area (Å²) in [6, 6.07) is 1.01. The summed E-state index contributed by atoms with van der Waals surface area (Å²) in [7, 11) is -5.42. The van der Waals surface area contributed by atoms with Crippen LogP contribution in [0.15, 0.2) is 4.99 Å². The van der Waals surface area contributed by atoms with E-state index in [2.05, 4.69) is 50.8 Å². The van der Waals surface area contributed by atoms with Gasteiger partial charge in [-0.3, -0.25) is 4.99 Å². The third kappa shape index (κ3) is 12.6. The van der Waals surface area contributed by atoms with Crippen LogP contribution in [0.3, 0.4) is 0 Å². The van der Waals surface area contributed by atoms with Gasteiger partial charge in [0.15, 0.2) is 22.4 Å². The predicted molar refractivity (Wildman–Crippen MR) is 123 cm³/mol. The molecule has 0 aromatic rings. The number of aliphatic hydroxyl groups excluding tert-OH is 1. The van der Waals surface area contributed by atoms with Gasteiger partial charge in [0, 0.05) is 13.0 Å². The minimum Gasteiger partial charge on any atom is -0.437 e. The zero-order valence-corrected chi connectivity index (χ0v) is 22.5. The topological polar surface area (TPSA) is 69.5 Å². The van der Waals surface area contributed by atoms with Crippen molar-refractivity contribution in [1.29, 1.82) is 0 Å². The van der Waals surface area contributed by atoms with E-state index >= 15 is 0 Å². The van der Waals surface area contributed by atoms with E-state index in [-0.39, 0.29) is 12.7 Å². The molecule has 3 atom stereocenters. The Labute approximate surface area is 175 Å². The summed E-state index contributed by atoms with van der Waals surface area (Å²) in [5.41, 5.74) is -0.475. The zero-order valence-electron chi connectivity index (χ0n) is 19.5. The van der Waals surface area contributed by atoms with Crippen LogP contribution in [0.1, 0.15) is 33.1 Å². The van der Waals surface area contributed by atoms with Crippen LogP contribution in [0.2, 0.25) is 51.9 Å². The van der Waals surface area contributed by atoms with Crippen molar-refractivity contribution in [2.75, 3.05) is 13.2 Å². The van der Waals surface area contributed by atoms with Crippen LogP contribution in [0, 0.1) is 0 Å². The second-order valence-corrected chi connectivity index (χ2v) is 23.1. The zero-order chi connectivity index (χ0) is 21.6. The van der Waals surface area contributed by atoms with Gasteiger partial charge in [-0.2, -0.15) is 0 Å². The molecule has 1 aliphatic heterocycles. The summed E-state index contributed by atoms with van der Waals surface area (Å²) in [6.07, 6.45) is 3.82. The molecule has 1 rings (SSSR count). The lowest BCUT2D eigenvalue weighted by atomic mass is 10.2. The standard InChI is InChI=1S/C19H43NO5Si3/c1-17(14-18(21)15-23-19(2)16-20-19)22-12-10-11-13-28(9,24-26(3,4)5)25-27(6,7)8/h16-18,21H,10-15H2,1-9H3. The first-order valence-corrected chi connectivity index (χ1v) is 19.9. The van der Waals surface area contributed by atoms with Gasteiger partial charge in [0.25, 0.3) is 0 Å². The number of aliphatic imine (C=N–C) groups is 1. The molecule has 0 saturated carbocycles. The molecule has 1 aliphatic rings. The highest BCUT2D eigenvalue weighted by molar-refractivity contribution is 6.87. The Morgan fingerprint density at radius 2 is 1.54 bits per heavy atom. The number of hydrogen-bond donors (Lipinski definition) is 1. The molecule has 0 bridgehead atoms. The van der Waals surface area contributed by atoms with E-state index in [0.29, 0.717) is 13.0 Å². The van der Waals surface area contributed by atoms with Gasteiger partial charge < -0.3 is 22.8 Å². The molecule has 28 heavy (non-hydrogen) atoms. The van der Waals surface area contributed by atoms with Crippen LogP contribution < -0.4 is 0 Å². The van der Waals surface area contributed by atoms with Crippen molar-refractivity contribution >= 4 is 31.4 Å². The molecular formula is C19H43NO5Si3. The van der Waals surface area contributed by atoms with Gasteiger partial charge in [0.2, 0.25) is 0 Å². The lowest BCUT2D eigenvalue weighted by Crippen LogP contribution is -2.52. The molecule has 0 spiro atoms. The normalized spacial score (nSPS) is 22.4. The van der Waals surface area contributed by atoms with Crippen molar-refractivity contribution in [2.45, 2.75) is 103 Å². The molecule has 0 aromatic heterocycles. The minimum absolute atomic E-state index is 0.00613. The monoisotopic (exact) mass is 449 g/mol. The number of rotatable bonds is 15. The Kier molecular flexibility index (Phi) is 9.74. The average Bonchev–Trinajstić information content (AvgIpc) is 3.19. The first-order valence-electron chi connectivity index (χ1n) is 10.5. The van der Waals surface area contributed by atoms with Gasteiger partial charge in [-0.15, -0.1) is 0 Å². The van der Waals surface area contributed by atoms with Gasteiger partial charge in [-0.25, -0.2) is 0 Å². The molecule has 0 radical (unpaired) electrons. The third-order valence-electron chi connectivity index (χ3n) is 4.14. The molecule has 166 valence electrons. The maximum Gasteiger partial charge on any atom is 0.314 e. The lowest BCUT2D eigenvalue weighted by Gasteiger charge is -2.38. The second-order valence-electron chi connectivity index (χ2n) is 10.2. The van der Waals surface area contributed by atoms with Gasteiger partial charge in [-0.1, -0.05) is 0 Å². The van der Waals surface area contributed by atoms with E-state index in [1.165, 1.54) is 0 Å². The van der Waals surface area contributed by atoms with Crippen LogP contribution in [-0.4, -0.2) is 67.7 Å². The fourth-order valence-corrected chi connectivity index (χ4v) is 15.8. The maximum atomic E-state index is 10.1. The number of ether oxygens (including phenoxy) is 2. The van der Waals surface area contributed by atoms with E-state index in [0.717, 1.165) is 18.9 Å². The van der Waals surface area contributed by atoms with Crippen molar-refractivity contribution in [3.63, 3.8) is 0 Å². The highest BCUT2D eigenvalue weighted by Crippen LogP contribution is 2.26. The Morgan fingerprint density at radius 1 is 1.00 bits per heavy atom. The van der Waals surface area contributed by atoms with Gasteiger partial charge in [0.1, 0.15) is 0 Å². The highest BCUT2D eigenvalue weighted by atomic mass is 28.5. The number of hydrogen-bond acceptors (Lipinski definition) is 6. The van der Waals surface area contributed by atoms with E-state index < -0.39 is 37.0 Å². The first kappa shape index (κ1) is 26.2. The van der Waals surface area contributed by atoms with E-state index in [4.69, 9.17) is 17.7 Å². The summed E-state index contributed by atoms with van der Waals surface area (Å²) in [5.74, 6) is 0. The Bertz CT molecular complexity index is 483. The number of unbranched alkanes of at least 4 members (excludes halogenated alkanes) is 1. The van der Waals surface area contributed by atoms with Crippen molar-refractivity contribution in [2.24, 2.45) is 4.99 Å². The third-order valence-corrected chi connectivity index (χ3v) is 13.8. The Hall–Kier alpha value is 0.121. The van der Waals surface area contributed by atoms with Gasteiger partial charge >= 0.3 is 8.56 Å². The van der Waals surface area contributed by atoms with Gasteiger partial charge in [0.05, 0.1) is 25.0 Å². The number of nitrogens with zero attached hydrogens (tertiary/aromatic N) is 1. The minimum atomic E-state index is -2.15. The van der Waals surface area contributed by atoms with Crippen molar-refractivity contribution in [1.82, 2.24) is 0 Å². The van der Waals surface area contributed by atoms with E-state index in [9.17, 15) is 5.11 Å². The molecule has 0 amide bonds. The summed E-state index contributed by atoms with van der Waals surface area (Å²) in [4.78, 5) is 4.02. The average molecular weight is 450 g/mol. The smallest absolute Gasteiger partial charge is 0.314 e. The molecule has 6 nitrogen and oxygen atoms in total. The molecule has 0 aromatic carbocycles. The largest absolute Gasteiger partial charge is 0.437 e. The summed E-state index contributed by atoms with van der Waals surface area (Å²) < 4.78 is 24.5. The van der Waals surface area contributed by atoms with Crippen LogP contribution in [0.25, 0.3) is 0 Å². The number of aliphatic hydroxyl groups is 1. The molecule has 1 N–H and O–H groups in total. The predicted octanol–water partition coefficient (Wildman–Crippen LogP) is 4.51.